The standard InChI is InChI=1S/C27H22N2O6/c1-34-27(31)21-8-2-3-11-24(21)35-26(30)17-12-13-23-22(15-17)19-9-5-10-20(19)25(28-23)16-6-4-7-18(14-16)29(32)33/h2-9,11-15,19-20,25,28H,10H2,1H3/t19-,20+,25-/m0/s1. The highest BCUT2D eigenvalue weighted by Crippen LogP contribution is 2.50. The highest BCUT2D eigenvalue weighted by Gasteiger charge is 2.38. The van der Waals surface area contributed by atoms with E-state index in [1.807, 2.05) is 18.2 Å². The van der Waals surface area contributed by atoms with Gasteiger partial charge in [0.05, 0.1) is 23.6 Å². The number of nitro benzene ring substituents is 1. The molecule has 0 unspecified atom stereocenters. The Morgan fingerprint density at radius 1 is 1.03 bits per heavy atom. The number of nitrogens with one attached hydrogen (secondary N) is 1. The van der Waals surface area contributed by atoms with E-state index in [-0.39, 0.29) is 39.8 Å². The monoisotopic (exact) mass is 470 g/mol. The van der Waals surface area contributed by atoms with Crippen molar-refractivity contribution >= 4 is 23.3 Å². The minimum absolute atomic E-state index is 0.0469. The molecule has 0 saturated carbocycles. The molecule has 8 heteroatoms. The number of allylic oxidation sites excluding steroid dienone is 2. The summed E-state index contributed by atoms with van der Waals surface area (Å²) in [6.07, 6.45) is 5.04. The lowest BCUT2D eigenvalue weighted by molar-refractivity contribution is -0.384. The second-order valence-corrected chi connectivity index (χ2v) is 8.51. The predicted molar refractivity (Wildman–Crippen MR) is 129 cm³/mol. The average Bonchev–Trinajstić information content (AvgIpc) is 3.38. The Kier molecular flexibility index (Phi) is 5.78. The van der Waals surface area contributed by atoms with Gasteiger partial charge < -0.3 is 14.8 Å². The second-order valence-electron chi connectivity index (χ2n) is 8.51. The first-order valence-electron chi connectivity index (χ1n) is 11.2. The molecule has 35 heavy (non-hydrogen) atoms. The summed E-state index contributed by atoms with van der Waals surface area (Å²) in [5.41, 5.74) is 3.26. The van der Waals surface area contributed by atoms with Crippen molar-refractivity contribution in [3.63, 3.8) is 0 Å². The van der Waals surface area contributed by atoms with Crippen LogP contribution >= 0.6 is 0 Å². The first-order valence-corrected chi connectivity index (χ1v) is 11.2. The highest BCUT2D eigenvalue weighted by atomic mass is 16.6. The molecule has 0 aromatic heterocycles. The number of esters is 2. The summed E-state index contributed by atoms with van der Waals surface area (Å²) in [7, 11) is 1.27. The Labute approximate surface area is 201 Å². The quantitative estimate of drug-likeness (QED) is 0.174. The molecule has 8 nitrogen and oxygen atoms in total. The van der Waals surface area contributed by atoms with Gasteiger partial charge in [-0.25, -0.2) is 9.59 Å². The van der Waals surface area contributed by atoms with Gasteiger partial charge in [-0.05, 0) is 53.8 Å². The first kappa shape index (κ1) is 22.3. The molecule has 0 saturated heterocycles. The van der Waals surface area contributed by atoms with E-state index in [2.05, 4.69) is 17.5 Å². The molecule has 0 bridgehead atoms. The van der Waals surface area contributed by atoms with Crippen molar-refractivity contribution in [3.05, 3.63) is 111 Å². The van der Waals surface area contributed by atoms with Crippen LogP contribution in [0.15, 0.2) is 78.9 Å². The van der Waals surface area contributed by atoms with Gasteiger partial charge in [0.1, 0.15) is 11.3 Å². The predicted octanol–water partition coefficient (Wildman–Crippen LogP) is 5.43. The van der Waals surface area contributed by atoms with E-state index in [9.17, 15) is 19.7 Å². The van der Waals surface area contributed by atoms with Gasteiger partial charge >= 0.3 is 11.9 Å². The molecule has 1 N–H and O–H groups in total. The lowest BCUT2D eigenvalue weighted by Gasteiger charge is -2.37. The fraction of sp³-hybridized carbons (Fsp3) is 0.185. The zero-order valence-corrected chi connectivity index (χ0v) is 18.8. The molecule has 0 amide bonds. The van der Waals surface area contributed by atoms with E-state index in [1.165, 1.54) is 19.2 Å². The van der Waals surface area contributed by atoms with Gasteiger partial charge in [0, 0.05) is 23.7 Å². The van der Waals surface area contributed by atoms with Gasteiger partial charge in [0.25, 0.3) is 5.69 Å². The van der Waals surface area contributed by atoms with E-state index < -0.39 is 11.9 Å². The second kappa shape index (κ2) is 9.06. The van der Waals surface area contributed by atoms with Crippen LogP contribution in [0.2, 0.25) is 0 Å². The van der Waals surface area contributed by atoms with Crippen LogP contribution in [0, 0.1) is 16.0 Å². The summed E-state index contributed by atoms with van der Waals surface area (Å²) in [5, 5.41) is 14.8. The third-order valence-electron chi connectivity index (χ3n) is 6.53. The van der Waals surface area contributed by atoms with Gasteiger partial charge in [0.2, 0.25) is 0 Å². The summed E-state index contributed by atoms with van der Waals surface area (Å²) in [4.78, 5) is 35.9. The molecule has 0 spiro atoms. The largest absolute Gasteiger partial charge is 0.465 e. The number of methoxy groups -OCH3 is 1. The molecule has 1 aliphatic heterocycles. The molecule has 0 fully saturated rings. The van der Waals surface area contributed by atoms with Crippen LogP contribution in [0.3, 0.4) is 0 Å². The Balaban J connectivity index is 1.44. The van der Waals surface area contributed by atoms with Crippen LogP contribution in [-0.2, 0) is 4.74 Å². The summed E-state index contributed by atoms with van der Waals surface area (Å²) in [6.45, 7) is 0. The maximum absolute atomic E-state index is 13.0. The number of hydrogen-bond donors (Lipinski definition) is 1. The van der Waals surface area contributed by atoms with Crippen molar-refractivity contribution in [2.75, 3.05) is 12.4 Å². The third kappa shape index (κ3) is 4.14. The molecule has 2 aliphatic rings. The molecule has 1 aliphatic carbocycles. The van der Waals surface area contributed by atoms with Gasteiger partial charge in [0.15, 0.2) is 0 Å². The molecule has 3 aromatic rings. The number of para-hydroxylation sites is 1. The van der Waals surface area contributed by atoms with Crippen molar-refractivity contribution in [1.29, 1.82) is 0 Å². The first-order chi connectivity index (χ1) is 17.0. The SMILES string of the molecule is COC(=O)c1ccccc1OC(=O)c1ccc2c(c1)[C@H]1C=CC[C@H]1[C@H](c1cccc([N+](=O)[O-])c1)N2. The van der Waals surface area contributed by atoms with E-state index >= 15 is 0 Å². The number of non-ortho nitro benzene ring substituents is 1. The van der Waals surface area contributed by atoms with Crippen LogP contribution in [0.1, 0.15) is 50.2 Å². The number of nitro groups is 1. The Morgan fingerprint density at radius 2 is 1.86 bits per heavy atom. The summed E-state index contributed by atoms with van der Waals surface area (Å²) < 4.78 is 10.3. The zero-order chi connectivity index (χ0) is 24.5. The van der Waals surface area contributed by atoms with E-state index in [0.717, 1.165) is 23.2 Å². The van der Waals surface area contributed by atoms with E-state index in [1.54, 1.807) is 36.4 Å². The number of carbonyl (C=O) groups excluding carboxylic acids is 2. The molecule has 1 heterocycles. The van der Waals surface area contributed by atoms with Crippen LogP contribution in [0.4, 0.5) is 11.4 Å². The van der Waals surface area contributed by atoms with Crippen LogP contribution in [0.5, 0.6) is 5.75 Å². The van der Waals surface area contributed by atoms with Crippen molar-refractivity contribution in [3.8, 4) is 5.75 Å². The summed E-state index contributed by atoms with van der Waals surface area (Å²) in [6, 6.07) is 18.3. The number of carbonyl (C=O) groups is 2. The van der Waals surface area contributed by atoms with E-state index in [4.69, 9.17) is 9.47 Å². The van der Waals surface area contributed by atoms with Gasteiger partial charge in [-0.15, -0.1) is 0 Å². The topological polar surface area (TPSA) is 108 Å². The molecular formula is C27H22N2O6. The number of anilines is 1. The fourth-order valence-electron chi connectivity index (χ4n) is 4.88. The molecular weight excluding hydrogens is 448 g/mol. The van der Waals surface area contributed by atoms with Gasteiger partial charge in [-0.1, -0.05) is 36.4 Å². The molecule has 0 radical (unpaired) electrons. The molecule has 5 rings (SSSR count). The van der Waals surface area contributed by atoms with Crippen molar-refractivity contribution in [2.24, 2.45) is 5.92 Å². The van der Waals surface area contributed by atoms with Gasteiger partial charge in [-0.3, -0.25) is 10.1 Å². The number of rotatable bonds is 5. The lowest BCUT2D eigenvalue weighted by Crippen LogP contribution is -2.29. The van der Waals surface area contributed by atoms with Crippen LogP contribution in [0.25, 0.3) is 0 Å². The molecule has 176 valence electrons. The molecule has 3 aromatic carbocycles. The van der Waals surface area contributed by atoms with Crippen LogP contribution in [-0.4, -0.2) is 24.0 Å². The zero-order valence-electron chi connectivity index (χ0n) is 18.8. The third-order valence-corrected chi connectivity index (χ3v) is 6.53. The minimum Gasteiger partial charge on any atom is -0.465 e. The molecule has 3 atom stereocenters. The summed E-state index contributed by atoms with van der Waals surface area (Å²) >= 11 is 0. The number of ether oxygens (including phenoxy) is 2. The highest BCUT2D eigenvalue weighted by molar-refractivity contribution is 5.96. The number of benzene rings is 3. The van der Waals surface area contributed by atoms with E-state index in [0.29, 0.717) is 5.56 Å². The van der Waals surface area contributed by atoms with Crippen molar-refractivity contribution < 1.29 is 24.0 Å². The Hall–Kier alpha value is -4.46. The number of nitrogens with zero attached hydrogens (tertiary/aromatic N) is 1. The summed E-state index contributed by atoms with van der Waals surface area (Å²) in [5.74, 6) is -0.844. The smallest absolute Gasteiger partial charge is 0.343 e. The fourth-order valence-corrected chi connectivity index (χ4v) is 4.88. The van der Waals surface area contributed by atoms with Crippen molar-refractivity contribution in [1.82, 2.24) is 0 Å². The van der Waals surface area contributed by atoms with Crippen LogP contribution < -0.4 is 10.1 Å². The van der Waals surface area contributed by atoms with Crippen molar-refractivity contribution in [2.45, 2.75) is 18.4 Å². The number of hydrogen-bond acceptors (Lipinski definition) is 7. The lowest BCUT2D eigenvalue weighted by atomic mass is 9.76. The number of fused-ring (bicyclic) bond motifs is 3. The normalized spacial score (nSPS) is 19.7. The Bertz CT molecular complexity index is 1370. The maximum Gasteiger partial charge on any atom is 0.343 e. The Morgan fingerprint density at radius 3 is 2.66 bits per heavy atom. The minimum atomic E-state index is -0.589. The average molecular weight is 470 g/mol. The van der Waals surface area contributed by atoms with Gasteiger partial charge in [-0.2, -0.15) is 0 Å². The maximum atomic E-state index is 13.0.